The van der Waals surface area contributed by atoms with Gasteiger partial charge in [-0.25, -0.2) is 5.84 Å². The summed E-state index contributed by atoms with van der Waals surface area (Å²) >= 11 is 5.82. The standard InChI is InChI=1S/C12H18ClN3O/c1-9(7-12(17)15-14)16(2)8-10-3-5-11(13)6-4-10/h3-6,9H,7-8,14H2,1-2H3,(H,15,17). The molecular weight excluding hydrogens is 238 g/mol. The zero-order valence-electron chi connectivity index (χ0n) is 10.1. The Bertz CT molecular complexity index is 367. The summed E-state index contributed by atoms with van der Waals surface area (Å²) in [6.07, 6.45) is 0.389. The largest absolute Gasteiger partial charge is 0.299 e. The molecule has 0 radical (unpaired) electrons. The molecule has 0 heterocycles. The summed E-state index contributed by atoms with van der Waals surface area (Å²) in [5.41, 5.74) is 3.30. The lowest BCUT2D eigenvalue weighted by molar-refractivity contribution is -0.122. The highest BCUT2D eigenvalue weighted by atomic mass is 35.5. The maximum atomic E-state index is 11.1. The highest BCUT2D eigenvalue weighted by molar-refractivity contribution is 6.30. The molecule has 1 aromatic rings. The SMILES string of the molecule is CC(CC(=O)NN)N(C)Cc1ccc(Cl)cc1. The topological polar surface area (TPSA) is 58.4 Å². The van der Waals surface area contributed by atoms with Gasteiger partial charge in [-0.15, -0.1) is 0 Å². The van der Waals surface area contributed by atoms with Crippen LogP contribution < -0.4 is 11.3 Å². The Hall–Kier alpha value is -1.10. The van der Waals surface area contributed by atoms with Crippen LogP contribution in [0.5, 0.6) is 0 Å². The van der Waals surface area contributed by atoms with Gasteiger partial charge in [-0.1, -0.05) is 23.7 Å². The van der Waals surface area contributed by atoms with Crippen LogP contribution in [0, 0.1) is 0 Å². The first-order valence-electron chi connectivity index (χ1n) is 5.47. The molecule has 3 N–H and O–H groups in total. The molecule has 1 amide bonds. The molecule has 0 spiro atoms. The number of carbonyl (C=O) groups excluding carboxylic acids is 1. The molecule has 0 aromatic heterocycles. The Balaban J connectivity index is 2.50. The predicted molar refractivity (Wildman–Crippen MR) is 69.3 cm³/mol. The Labute approximate surface area is 107 Å². The van der Waals surface area contributed by atoms with Crippen LogP contribution in [0.2, 0.25) is 5.02 Å². The Kier molecular flexibility index (Phi) is 5.41. The van der Waals surface area contributed by atoms with Crippen LogP contribution in [-0.4, -0.2) is 23.9 Å². The molecule has 1 aromatic carbocycles. The maximum absolute atomic E-state index is 11.1. The minimum atomic E-state index is -0.152. The van der Waals surface area contributed by atoms with Crippen LogP contribution in [0.15, 0.2) is 24.3 Å². The first-order chi connectivity index (χ1) is 8.02. The number of hydrazine groups is 1. The molecule has 1 unspecified atom stereocenters. The highest BCUT2D eigenvalue weighted by Crippen LogP contribution is 2.12. The lowest BCUT2D eigenvalue weighted by Gasteiger charge is -2.24. The van der Waals surface area contributed by atoms with E-state index < -0.39 is 0 Å². The van der Waals surface area contributed by atoms with Crippen molar-refractivity contribution in [3.63, 3.8) is 0 Å². The summed E-state index contributed by atoms with van der Waals surface area (Å²) in [4.78, 5) is 13.2. The zero-order chi connectivity index (χ0) is 12.8. The third-order valence-corrected chi connectivity index (χ3v) is 2.99. The lowest BCUT2D eigenvalue weighted by atomic mass is 10.1. The summed E-state index contributed by atoms with van der Waals surface area (Å²) in [5.74, 6) is 4.90. The number of rotatable bonds is 5. The van der Waals surface area contributed by atoms with Gasteiger partial charge in [0.25, 0.3) is 0 Å². The molecular formula is C12H18ClN3O. The molecule has 0 saturated carbocycles. The molecule has 94 valence electrons. The fourth-order valence-corrected chi connectivity index (χ4v) is 1.64. The zero-order valence-corrected chi connectivity index (χ0v) is 10.9. The number of nitrogens with two attached hydrogens (primary N) is 1. The van der Waals surface area contributed by atoms with Gasteiger partial charge in [-0.05, 0) is 31.7 Å². The van der Waals surface area contributed by atoms with Crippen molar-refractivity contribution in [2.24, 2.45) is 5.84 Å². The summed E-state index contributed by atoms with van der Waals surface area (Å²) in [7, 11) is 1.98. The molecule has 1 atom stereocenters. The number of hydrogen-bond acceptors (Lipinski definition) is 3. The smallest absolute Gasteiger partial charge is 0.235 e. The normalized spacial score (nSPS) is 12.5. The quantitative estimate of drug-likeness (QED) is 0.477. The van der Waals surface area contributed by atoms with Crippen LogP contribution in [0.3, 0.4) is 0 Å². The number of nitrogens with one attached hydrogen (secondary N) is 1. The summed E-state index contributed by atoms with van der Waals surface area (Å²) < 4.78 is 0. The van der Waals surface area contributed by atoms with Crippen LogP contribution in [0.4, 0.5) is 0 Å². The van der Waals surface area contributed by atoms with Gasteiger partial charge in [0, 0.05) is 24.0 Å². The second-order valence-electron chi connectivity index (χ2n) is 4.16. The maximum Gasteiger partial charge on any atom is 0.235 e. The van der Waals surface area contributed by atoms with E-state index in [-0.39, 0.29) is 11.9 Å². The molecule has 4 nitrogen and oxygen atoms in total. The van der Waals surface area contributed by atoms with E-state index in [1.54, 1.807) is 0 Å². The average Bonchev–Trinajstić information content (AvgIpc) is 2.31. The van der Waals surface area contributed by atoms with E-state index >= 15 is 0 Å². The van der Waals surface area contributed by atoms with Gasteiger partial charge < -0.3 is 0 Å². The summed E-state index contributed by atoms with van der Waals surface area (Å²) in [5, 5.41) is 0.729. The third kappa shape index (κ3) is 4.73. The Morgan fingerprint density at radius 2 is 2.06 bits per heavy atom. The van der Waals surface area contributed by atoms with Gasteiger partial charge in [0.15, 0.2) is 0 Å². The average molecular weight is 256 g/mol. The van der Waals surface area contributed by atoms with Crippen LogP contribution in [-0.2, 0) is 11.3 Å². The molecule has 1 rings (SSSR count). The van der Waals surface area contributed by atoms with Crippen molar-refractivity contribution in [3.8, 4) is 0 Å². The van der Waals surface area contributed by atoms with E-state index in [0.717, 1.165) is 17.1 Å². The number of hydrogen-bond donors (Lipinski definition) is 2. The first kappa shape index (κ1) is 14.0. The fraction of sp³-hybridized carbons (Fsp3) is 0.417. The number of benzene rings is 1. The van der Waals surface area contributed by atoms with Gasteiger partial charge in [0.2, 0.25) is 5.91 Å². The molecule has 17 heavy (non-hydrogen) atoms. The number of carbonyl (C=O) groups is 1. The number of nitrogens with zero attached hydrogens (tertiary/aromatic N) is 1. The monoisotopic (exact) mass is 255 g/mol. The van der Waals surface area contributed by atoms with Gasteiger partial charge in [0.05, 0.1) is 0 Å². The van der Waals surface area contributed by atoms with Crippen molar-refractivity contribution in [2.45, 2.75) is 25.9 Å². The second kappa shape index (κ2) is 6.59. The van der Waals surface area contributed by atoms with E-state index in [0.29, 0.717) is 6.42 Å². The minimum Gasteiger partial charge on any atom is -0.299 e. The lowest BCUT2D eigenvalue weighted by Crippen LogP contribution is -2.37. The predicted octanol–water partition coefficient (Wildman–Crippen LogP) is 1.54. The number of halogens is 1. The van der Waals surface area contributed by atoms with Gasteiger partial charge in [-0.2, -0.15) is 0 Å². The molecule has 0 fully saturated rings. The van der Waals surface area contributed by atoms with Crippen molar-refractivity contribution in [3.05, 3.63) is 34.9 Å². The van der Waals surface area contributed by atoms with Crippen molar-refractivity contribution >= 4 is 17.5 Å². The minimum absolute atomic E-state index is 0.134. The second-order valence-corrected chi connectivity index (χ2v) is 4.60. The third-order valence-electron chi connectivity index (χ3n) is 2.74. The Morgan fingerprint density at radius 3 is 2.59 bits per heavy atom. The molecule has 0 aliphatic carbocycles. The van der Waals surface area contributed by atoms with Crippen LogP contribution in [0.1, 0.15) is 18.9 Å². The van der Waals surface area contributed by atoms with Crippen molar-refractivity contribution in [1.82, 2.24) is 10.3 Å². The van der Waals surface area contributed by atoms with Gasteiger partial charge in [-0.3, -0.25) is 15.1 Å². The van der Waals surface area contributed by atoms with Crippen LogP contribution in [0.25, 0.3) is 0 Å². The van der Waals surface area contributed by atoms with E-state index in [1.165, 1.54) is 0 Å². The first-order valence-corrected chi connectivity index (χ1v) is 5.85. The number of amides is 1. The van der Waals surface area contributed by atoms with E-state index in [1.807, 2.05) is 38.2 Å². The van der Waals surface area contributed by atoms with Crippen molar-refractivity contribution < 1.29 is 4.79 Å². The molecule has 0 saturated heterocycles. The fourth-order valence-electron chi connectivity index (χ4n) is 1.52. The van der Waals surface area contributed by atoms with Crippen molar-refractivity contribution in [1.29, 1.82) is 0 Å². The van der Waals surface area contributed by atoms with Gasteiger partial charge >= 0.3 is 0 Å². The van der Waals surface area contributed by atoms with Gasteiger partial charge in [0.1, 0.15) is 0 Å². The molecule has 0 aliphatic heterocycles. The highest BCUT2D eigenvalue weighted by Gasteiger charge is 2.13. The summed E-state index contributed by atoms with van der Waals surface area (Å²) in [6, 6.07) is 7.82. The van der Waals surface area contributed by atoms with E-state index in [4.69, 9.17) is 17.4 Å². The molecule has 0 aliphatic rings. The molecule has 5 heteroatoms. The summed E-state index contributed by atoms with van der Waals surface area (Å²) in [6.45, 7) is 2.77. The Morgan fingerprint density at radius 1 is 1.47 bits per heavy atom. The van der Waals surface area contributed by atoms with Crippen LogP contribution >= 0.6 is 11.6 Å². The van der Waals surface area contributed by atoms with Crippen molar-refractivity contribution in [2.75, 3.05) is 7.05 Å². The van der Waals surface area contributed by atoms with E-state index in [9.17, 15) is 4.79 Å². The van der Waals surface area contributed by atoms with E-state index in [2.05, 4.69) is 10.3 Å². The molecule has 0 bridgehead atoms.